The molecule has 0 bridgehead atoms. The number of amides is 4. The molecule has 1 fully saturated rings. The van der Waals surface area contributed by atoms with Crippen molar-refractivity contribution >= 4 is 41.0 Å². The molecule has 1 saturated heterocycles. The van der Waals surface area contributed by atoms with Crippen LogP contribution in [0, 0.1) is 0 Å². The lowest BCUT2D eigenvalue weighted by Crippen LogP contribution is -2.44. The number of nitrogens with zero attached hydrogens (tertiary/aromatic N) is 2. The largest absolute Gasteiger partial charge is 0.493 e. The van der Waals surface area contributed by atoms with Gasteiger partial charge in [0.05, 0.1) is 14.2 Å². The van der Waals surface area contributed by atoms with Gasteiger partial charge >= 0.3 is 6.03 Å². The fourth-order valence-corrected chi connectivity index (χ4v) is 4.23. The summed E-state index contributed by atoms with van der Waals surface area (Å²) in [5.41, 5.74) is -0.0343. The Hall–Kier alpha value is -2.97. The fourth-order valence-electron chi connectivity index (χ4n) is 3.63. The average molecular weight is 494 g/mol. The van der Waals surface area contributed by atoms with Crippen LogP contribution in [0.2, 0.25) is 10.0 Å². The summed E-state index contributed by atoms with van der Waals surface area (Å²) in [6, 6.07) is 9.54. The van der Waals surface area contributed by atoms with Crippen molar-refractivity contribution in [3.63, 3.8) is 0 Å². The molecule has 0 spiro atoms. The zero-order valence-corrected chi connectivity index (χ0v) is 20.3. The summed E-state index contributed by atoms with van der Waals surface area (Å²) in [7, 11) is 4.74. The molecule has 1 aliphatic rings. The number of ether oxygens (including phenoxy) is 2. The van der Waals surface area contributed by atoms with Crippen LogP contribution in [0.4, 0.5) is 4.79 Å². The lowest BCUT2D eigenvalue weighted by Gasteiger charge is -2.24. The number of halogens is 2. The van der Waals surface area contributed by atoms with Crippen molar-refractivity contribution in [2.75, 3.05) is 34.4 Å². The van der Waals surface area contributed by atoms with Gasteiger partial charge in [0.15, 0.2) is 11.5 Å². The molecule has 8 nitrogen and oxygen atoms in total. The first-order chi connectivity index (χ1) is 15.6. The van der Waals surface area contributed by atoms with E-state index < -0.39 is 17.5 Å². The van der Waals surface area contributed by atoms with E-state index in [1.165, 1.54) is 11.0 Å². The van der Waals surface area contributed by atoms with E-state index in [1.54, 1.807) is 46.4 Å². The Kier molecular flexibility index (Phi) is 7.39. The molecule has 0 saturated carbocycles. The van der Waals surface area contributed by atoms with Gasteiger partial charge in [0, 0.05) is 29.2 Å². The molecule has 0 aliphatic carbocycles. The molecule has 33 heavy (non-hydrogen) atoms. The lowest BCUT2D eigenvalue weighted by molar-refractivity contribution is -0.138. The molecule has 2 aromatic carbocycles. The Morgan fingerprint density at radius 1 is 1.09 bits per heavy atom. The minimum atomic E-state index is -1.39. The Labute approximate surface area is 202 Å². The maximum absolute atomic E-state index is 13.1. The second kappa shape index (κ2) is 9.89. The van der Waals surface area contributed by atoms with Gasteiger partial charge in [-0.05, 0) is 43.2 Å². The Bertz CT molecular complexity index is 1090. The van der Waals surface area contributed by atoms with Gasteiger partial charge in [-0.1, -0.05) is 35.3 Å². The molecule has 0 radical (unpaired) electrons. The van der Waals surface area contributed by atoms with Crippen LogP contribution < -0.4 is 14.8 Å². The predicted molar refractivity (Wildman–Crippen MR) is 125 cm³/mol. The van der Waals surface area contributed by atoms with Gasteiger partial charge < -0.3 is 19.7 Å². The van der Waals surface area contributed by atoms with Crippen molar-refractivity contribution in [3.8, 4) is 11.5 Å². The molecule has 4 amide bonds. The molecule has 10 heteroatoms. The second-order valence-corrected chi connectivity index (χ2v) is 8.67. The number of likely N-dealkylation sites (N-methyl/N-ethyl adjacent to an activating group) is 1. The van der Waals surface area contributed by atoms with Crippen LogP contribution in [0.5, 0.6) is 11.5 Å². The standard InChI is InChI=1S/C23H25Cl2N3O5/c1-23(16-7-6-15(24)12-17(16)25)21(30)28(22(31)26-23)13-20(29)27(2)10-9-14-5-8-18(32-3)19(11-14)33-4/h5-8,11-12H,9-10,13H2,1-4H3,(H,26,31)/t23-/m1/s1. The van der Waals surface area contributed by atoms with Crippen molar-refractivity contribution in [2.45, 2.75) is 18.9 Å². The number of nitrogens with one attached hydrogen (secondary N) is 1. The summed E-state index contributed by atoms with van der Waals surface area (Å²) in [5.74, 6) is 0.292. The Balaban J connectivity index is 1.66. The zero-order valence-electron chi connectivity index (χ0n) is 18.8. The minimum absolute atomic E-state index is 0.249. The zero-order chi connectivity index (χ0) is 24.3. The van der Waals surface area contributed by atoms with Crippen molar-refractivity contribution in [1.82, 2.24) is 15.1 Å². The Morgan fingerprint density at radius 3 is 2.42 bits per heavy atom. The highest BCUT2D eigenvalue weighted by molar-refractivity contribution is 6.35. The number of carbonyl (C=O) groups is 3. The van der Waals surface area contributed by atoms with Gasteiger partial charge in [-0.15, -0.1) is 0 Å². The number of urea groups is 1. The SMILES string of the molecule is COc1ccc(CCN(C)C(=O)CN2C(=O)N[C@](C)(c3ccc(Cl)cc3Cl)C2=O)cc1OC. The first-order valence-corrected chi connectivity index (χ1v) is 10.9. The van der Waals surface area contributed by atoms with E-state index in [4.69, 9.17) is 32.7 Å². The van der Waals surface area contributed by atoms with Crippen LogP contribution in [0.3, 0.4) is 0 Å². The van der Waals surface area contributed by atoms with Crippen LogP contribution in [0.15, 0.2) is 36.4 Å². The van der Waals surface area contributed by atoms with Crippen molar-refractivity contribution in [2.24, 2.45) is 0 Å². The van der Waals surface area contributed by atoms with E-state index in [1.807, 2.05) is 12.1 Å². The highest BCUT2D eigenvalue weighted by Crippen LogP contribution is 2.35. The van der Waals surface area contributed by atoms with Gasteiger partial charge in [-0.3, -0.25) is 14.5 Å². The monoisotopic (exact) mass is 493 g/mol. The predicted octanol–water partition coefficient (Wildman–Crippen LogP) is 3.48. The van der Waals surface area contributed by atoms with E-state index >= 15 is 0 Å². The van der Waals surface area contributed by atoms with Gasteiger partial charge in [0.2, 0.25) is 5.91 Å². The molecule has 176 valence electrons. The molecule has 1 atom stereocenters. The summed E-state index contributed by atoms with van der Waals surface area (Å²) < 4.78 is 10.5. The van der Waals surface area contributed by atoms with Crippen LogP contribution in [0.1, 0.15) is 18.1 Å². The van der Waals surface area contributed by atoms with E-state index in [-0.39, 0.29) is 17.5 Å². The number of imide groups is 1. The Morgan fingerprint density at radius 2 is 1.79 bits per heavy atom. The number of methoxy groups -OCH3 is 2. The molecular weight excluding hydrogens is 469 g/mol. The molecule has 3 rings (SSSR count). The smallest absolute Gasteiger partial charge is 0.325 e. The number of carbonyl (C=O) groups excluding carboxylic acids is 3. The molecule has 1 aliphatic heterocycles. The van der Waals surface area contributed by atoms with Gasteiger partial charge in [-0.25, -0.2) is 4.79 Å². The van der Waals surface area contributed by atoms with Crippen LogP contribution >= 0.6 is 23.2 Å². The highest BCUT2D eigenvalue weighted by Gasteiger charge is 2.50. The number of hydrogen-bond acceptors (Lipinski definition) is 5. The third kappa shape index (κ3) is 5.02. The van der Waals surface area contributed by atoms with E-state index in [2.05, 4.69) is 5.32 Å². The molecule has 2 aromatic rings. The fraction of sp³-hybridized carbons (Fsp3) is 0.348. The average Bonchev–Trinajstić information content (AvgIpc) is 3.00. The molecule has 0 unspecified atom stereocenters. The lowest BCUT2D eigenvalue weighted by atomic mass is 9.92. The van der Waals surface area contributed by atoms with Crippen molar-refractivity contribution in [1.29, 1.82) is 0 Å². The topological polar surface area (TPSA) is 88.2 Å². The summed E-state index contributed by atoms with van der Waals surface area (Å²) >= 11 is 12.2. The summed E-state index contributed by atoms with van der Waals surface area (Å²) in [4.78, 5) is 40.8. The number of rotatable bonds is 8. The summed E-state index contributed by atoms with van der Waals surface area (Å²) in [6.45, 7) is 1.56. The maximum Gasteiger partial charge on any atom is 0.325 e. The van der Waals surface area contributed by atoms with Crippen LogP contribution in [-0.2, 0) is 21.5 Å². The maximum atomic E-state index is 13.1. The third-order valence-electron chi connectivity index (χ3n) is 5.65. The quantitative estimate of drug-likeness (QED) is 0.568. The summed E-state index contributed by atoms with van der Waals surface area (Å²) in [6.07, 6.45) is 0.556. The van der Waals surface area contributed by atoms with Gasteiger partial charge in [-0.2, -0.15) is 0 Å². The normalized spacial score (nSPS) is 17.7. The van der Waals surface area contributed by atoms with Crippen LogP contribution in [-0.4, -0.2) is 62.0 Å². The number of benzene rings is 2. The second-order valence-electron chi connectivity index (χ2n) is 7.83. The first kappa shape index (κ1) is 24.7. The number of hydrogen-bond donors (Lipinski definition) is 1. The highest BCUT2D eigenvalue weighted by atomic mass is 35.5. The molecule has 1 heterocycles. The van der Waals surface area contributed by atoms with E-state index in [0.717, 1.165) is 10.5 Å². The molecule has 0 aromatic heterocycles. The first-order valence-electron chi connectivity index (χ1n) is 10.1. The van der Waals surface area contributed by atoms with Crippen molar-refractivity contribution in [3.05, 3.63) is 57.6 Å². The van der Waals surface area contributed by atoms with Crippen molar-refractivity contribution < 1.29 is 23.9 Å². The van der Waals surface area contributed by atoms with Crippen LogP contribution in [0.25, 0.3) is 0 Å². The molecule has 1 N–H and O–H groups in total. The van der Waals surface area contributed by atoms with Gasteiger partial charge in [0.25, 0.3) is 5.91 Å². The van der Waals surface area contributed by atoms with E-state index in [0.29, 0.717) is 35.1 Å². The van der Waals surface area contributed by atoms with Gasteiger partial charge in [0.1, 0.15) is 12.1 Å². The third-order valence-corrected chi connectivity index (χ3v) is 6.20. The van der Waals surface area contributed by atoms with E-state index in [9.17, 15) is 14.4 Å². The minimum Gasteiger partial charge on any atom is -0.493 e. The molecular formula is C23H25Cl2N3O5. The summed E-state index contributed by atoms with van der Waals surface area (Å²) in [5, 5.41) is 3.30.